The Hall–Kier alpha value is -2.17. The molecule has 0 radical (unpaired) electrons. The number of nitrogens with zero attached hydrogens (tertiary/aromatic N) is 2. The van der Waals surface area contributed by atoms with E-state index in [2.05, 4.69) is 12.2 Å². The summed E-state index contributed by atoms with van der Waals surface area (Å²) in [4.78, 5) is 26.7. The predicted octanol–water partition coefficient (Wildman–Crippen LogP) is 1.13. The van der Waals surface area contributed by atoms with Gasteiger partial charge in [0.15, 0.2) is 6.61 Å². The van der Waals surface area contributed by atoms with Crippen molar-refractivity contribution in [2.24, 2.45) is 5.92 Å². The molecule has 4 rings (SSSR count). The van der Waals surface area contributed by atoms with E-state index in [-0.39, 0.29) is 49.0 Å². The number of amides is 2. The Morgan fingerprint density at radius 3 is 2.68 bits per heavy atom. The highest BCUT2D eigenvalue weighted by Crippen LogP contribution is 2.35. The van der Waals surface area contributed by atoms with E-state index in [9.17, 15) is 18.0 Å². The molecule has 1 aromatic carbocycles. The van der Waals surface area contributed by atoms with Gasteiger partial charge in [-0.05, 0) is 37.0 Å². The summed E-state index contributed by atoms with van der Waals surface area (Å²) >= 11 is 0. The van der Waals surface area contributed by atoms with E-state index in [0.29, 0.717) is 30.6 Å². The van der Waals surface area contributed by atoms with Crippen molar-refractivity contribution >= 4 is 27.5 Å². The van der Waals surface area contributed by atoms with E-state index in [1.54, 1.807) is 6.07 Å². The monoisotopic (exact) mass is 451 g/mol. The van der Waals surface area contributed by atoms with Gasteiger partial charge in [0.1, 0.15) is 12.3 Å². The van der Waals surface area contributed by atoms with Crippen LogP contribution in [0, 0.1) is 5.92 Å². The third kappa shape index (κ3) is 4.70. The van der Waals surface area contributed by atoms with Crippen LogP contribution < -0.4 is 15.0 Å². The largest absolute Gasteiger partial charge is 0.482 e. The minimum absolute atomic E-state index is 0.0674. The van der Waals surface area contributed by atoms with Crippen molar-refractivity contribution in [3.63, 3.8) is 0 Å². The van der Waals surface area contributed by atoms with Crippen LogP contribution in [-0.2, 0) is 24.3 Å². The number of anilines is 1. The molecule has 0 unspecified atom stereocenters. The van der Waals surface area contributed by atoms with Gasteiger partial charge in [-0.3, -0.25) is 14.5 Å². The molecule has 1 saturated carbocycles. The molecule has 10 heteroatoms. The summed E-state index contributed by atoms with van der Waals surface area (Å²) in [7, 11) is -3.74. The van der Waals surface area contributed by atoms with Crippen LogP contribution in [0.25, 0.3) is 0 Å². The number of fused-ring (bicyclic) bond motifs is 1. The first-order chi connectivity index (χ1) is 14.9. The first kappa shape index (κ1) is 22.0. The average Bonchev–Trinajstić information content (AvgIpc) is 2.77. The number of morpholine rings is 1. The SMILES string of the molecule is C[C@H]1CCCC[C@@H]1NC(=O)CN1C(=O)COc2ccc(S(=O)(=O)N3CCOCC3)cc21. The van der Waals surface area contributed by atoms with Crippen molar-refractivity contribution in [2.45, 2.75) is 43.5 Å². The number of carbonyl (C=O) groups is 2. The van der Waals surface area contributed by atoms with Gasteiger partial charge in [-0.15, -0.1) is 0 Å². The molecule has 2 atom stereocenters. The molecule has 3 aliphatic rings. The van der Waals surface area contributed by atoms with Gasteiger partial charge in [0.05, 0.1) is 23.8 Å². The third-order valence-corrected chi connectivity index (χ3v) is 8.14. The van der Waals surface area contributed by atoms with Crippen molar-refractivity contribution in [1.82, 2.24) is 9.62 Å². The number of rotatable bonds is 5. The van der Waals surface area contributed by atoms with Crippen LogP contribution in [0.2, 0.25) is 0 Å². The highest BCUT2D eigenvalue weighted by atomic mass is 32.2. The van der Waals surface area contributed by atoms with Gasteiger partial charge in [-0.1, -0.05) is 19.8 Å². The quantitative estimate of drug-likeness (QED) is 0.720. The molecule has 1 saturated heterocycles. The fourth-order valence-corrected chi connectivity index (χ4v) is 5.81. The minimum atomic E-state index is -3.74. The zero-order chi connectivity index (χ0) is 22.0. The van der Waals surface area contributed by atoms with Gasteiger partial charge in [-0.2, -0.15) is 4.31 Å². The van der Waals surface area contributed by atoms with Crippen LogP contribution in [0.5, 0.6) is 5.75 Å². The molecular weight excluding hydrogens is 422 g/mol. The standard InChI is InChI=1S/C21H29N3O6S/c1-15-4-2-3-5-17(15)22-20(25)13-24-18-12-16(6-7-19(18)30-14-21(24)26)31(27,28)23-8-10-29-11-9-23/h6-7,12,15,17H,2-5,8-11,13-14H2,1H3,(H,22,25)/t15-,17-/m0/s1. The van der Waals surface area contributed by atoms with Crippen molar-refractivity contribution < 1.29 is 27.5 Å². The molecule has 2 heterocycles. The molecule has 0 bridgehead atoms. The molecule has 0 aromatic heterocycles. The maximum Gasteiger partial charge on any atom is 0.265 e. The molecular formula is C21H29N3O6S. The Labute approximate surface area is 182 Å². The lowest BCUT2D eigenvalue weighted by molar-refractivity contribution is -0.126. The lowest BCUT2D eigenvalue weighted by atomic mass is 9.86. The van der Waals surface area contributed by atoms with Gasteiger partial charge >= 0.3 is 0 Å². The zero-order valence-corrected chi connectivity index (χ0v) is 18.5. The fourth-order valence-electron chi connectivity index (χ4n) is 4.38. The summed E-state index contributed by atoms with van der Waals surface area (Å²) in [5.74, 6) is 0.164. The van der Waals surface area contributed by atoms with E-state index in [1.165, 1.54) is 27.8 Å². The van der Waals surface area contributed by atoms with E-state index >= 15 is 0 Å². The highest BCUT2D eigenvalue weighted by Gasteiger charge is 2.32. The number of sulfonamides is 1. The molecule has 1 N–H and O–H groups in total. The van der Waals surface area contributed by atoms with Crippen LogP contribution in [0.4, 0.5) is 5.69 Å². The van der Waals surface area contributed by atoms with E-state index in [1.807, 2.05) is 0 Å². The second-order valence-corrected chi connectivity index (χ2v) is 10.3. The normalized spacial score (nSPS) is 24.9. The Morgan fingerprint density at radius 2 is 1.94 bits per heavy atom. The number of carbonyl (C=O) groups excluding carboxylic acids is 2. The van der Waals surface area contributed by atoms with Gasteiger partial charge in [0.25, 0.3) is 5.91 Å². The minimum Gasteiger partial charge on any atom is -0.482 e. The van der Waals surface area contributed by atoms with Crippen LogP contribution in [0.1, 0.15) is 32.6 Å². The van der Waals surface area contributed by atoms with Crippen molar-refractivity contribution in [2.75, 3.05) is 44.4 Å². The molecule has 31 heavy (non-hydrogen) atoms. The van der Waals surface area contributed by atoms with Crippen molar-refractivity contribution in [3.05, 3.63) is 18.2 Å². The summed E-state index contributed by atoms with van der Waals surface area (Å²) in [5, 5.41) is 3.05. The van der Waals surface area contributed by atoms with E-state index < -0.39 is 10.0 Å². The van der Waals surface area contributed by atoms with Crippen molar-refractivity contribution in [1.29, 1.82) is 0 Å². The Bertz CT molecular complexity index is 944. The van der Waals surface area contributed by atoms with Gasteiger partial charge < -0.3 is 14.8 Å². The Morgan fingerprint density at radius 1 is 1.19 bits per heavy atom. The maximum absolute atomic E-state index is 13.0. The molecule has 2 amide bonds. The summed E-state index contributed by atoms with van der Waals surface area (Å²) in [6.07, 6.45) is 4.26. The van der Waals surface area contributed by atoms with Crippen LogP contribution in [0.15, 0.2) is 23.1 Å². The summed E-state index contributed by atoms with van der Waals surface area (Å²) in [6, 6.07) is 4.54. The number of ether oxygens (including phenoxy) is 2. The second-order valence-electron chi connectivity index (χ2n) is 8.35. The van der Waals surface area contributed by atoms with Gasteiger partial charge in [0.2, 0.25) is 15.9 Å². The second kappa shape index (κ2) is 9.13. The molecule has 170 valence electrons. The van der Waals surface area contributed by atoms with Gasteiger partial charge in [-0.25, -0.2) is 8.42 Å². The topological polar surface area (TPSA) is 105 Å². The fraction of sp³-hybridized carbons (Fsp3) is 0.619. The summed E-state index contributed by atoms with van der Waals surface area (Å²) < 4.78 is 38.1. The Kier molecular flexibility index (Phi) is 6.49. The third-order valence-electron chi connectivity index (χ3n) is 6.24. The highest BCUT2D eigenvalue weighted by molar-refractivity contribution is 7.89. The number of hydrogen-bond donors (Lipinski definition) is 1. The van der Waals surface area contributed by atoms with E-state index in [0.717, 1.165) is 19.3 Å². The first-order valence-electron chi connectivity index (χ1n) is 10.8. The number of hydrogen-bond acceptors (Lipinski definition) is 6. The molecule has 2 fully saturated rings. The lowest BCUT2D eigenvalue weighted by Crippen LogP contribution is -2.49. The Balaban J connectivity index is 1.54. The number of nitrogens with one attached hydrogen (secondary N) is 1. The first-order valence-corrected chi connectivity index (χ1v) is 12.2. The molecule has 2 aliphatic heterocycles. The summed E-state index contributed by atoms with van der Waals surface area (Å²) in [6.45, 7) is 3.02. The summed E-state index contributed by atoms with van der Waals surface area (Å²) in [5.41, 5.74) is 0.303. The van der Waals surface area contributed by atoms with Gasteiger partial charge in [0, 0.05) is 19.1 Å². The zero-order valence-electron chi connectivity index (χ0n) is 17.7. The van der Waals surface area contributed by atoms with Crippen LogP contribution in [0.3, 0.4) is 0 Å². The average molecular weight is 452 g/mol. The maximum atomic E-state index is 13.0. The molecule has 9 nitrogen and oxygen atoms in total. The molecule has 0 spiro atoms. The van der Waals surface area contributed by atoms with Crippen molar-refractivity contribution in [3.8, 4) is 5.75 Å². The smallest absolute Gasteiger partial charge is 0.265 e. The molecule has 1 aliphatic carbocycles. The molecule has 1 aromatic rings. The van der Waals surface area contributed by atoms with Crippen LogP contribution >= 0.6 is 0 Å². The predicted molar refractivity (Wildman–Crippen MR) is 113 cm³/mol. The van der Waals surface area contributed by atoms with Crippen LogP contribution in [-0.4, -0.2) is 70.0 Å². The lowest BCUT2D eigenvalue weighted by Gasteiger charge is -2.32. The van der Waals surface area contributed by atoms with E-state index in [4.69, 9.17) is 9.47 Å². The number of benzene rings is 1.